The molecular weight excluding hydrogens is 248 g/mol. The van der Waals surface area contributed by atoms with E-state index in [1.165, 1.54) is 0 Å². The second-order valence-electron chi connectivity index (χ2n) is 4.43. The Balaban J connectivity index is 2.18. The van der Waals surface area contributed by atoms with Crippen molar-refractivity contribution in [1.29, 1.82) is 5.26 Å². The van der Waals surface area contributed by atoms with Crippen LogP contribution in [-0.2, 0) is 0 Å². The average Bonchev–Trinajstić information content (AvgIpc) is 2.53. The van der Waals surface area contributed by atoms with Gasteiger partial charge < -0.3 is 4.90 Å². The molecule has 0 bridgehead atoms. The third kappa shape index (κ3) is 1.95. The first kappa shape index (κ1) is 12.1. The number of fused-ring (bicyclic) bond motifs is 1. The Labute approximate surface area is 116 Å². The minimum absolute atomic E-state index is 0.635. The Morgan fingerprint density at radius 3 is 2.60 bits per heavy atom. The molecule has 0 radical (unpaired) electrons. The van der Waals surface area contributed by atoms with Crippen LogP contribution in [0, 0.1) is 11.3 Å². The molecule has 0 unspecified atom stereocenters. The summed E-state index contributed by atoms with van der Waals surface area (Å²) in [5.41, 5.74) is 3.26. The van der Waals surface area contributed by atoms with E-state index in [9.17, 15) is 5.26 Å². The average molecular weight is 260 g/mol. The lowest BCUT2D eigenvalue weighted by molar-refractivity contribution is 1.06. The maximum Gasteiger partial charge on any atom is 0.101 e. The van der Waals surface area contributed by atoms with E-state index < -0.39 is 0 Å². The van der Waals surface area contributed by atoms with E-state index in [-0.39, 0.29) is 0 Å². The Hall–Kier alpha value is -2.93. The van der Waals surface area contributed by atoms with Crippen molar-refractivity contribution >= 4 is 22.3 Å². The first-order valence-electron chi connectivity index (χ1n) is 6.24. The molecule has 0 saturated heterocycles. The van der Waals surface area contributed by atoms with Crippen LogP contribution in [0.5, 0.6) is 0 Å². The molecular formula is C16H12N4. The van der Waals surface area contributed by atoms with Crippen LogP contribution in [0.3, 0.4) is 0 Å². The van der Waals surface area contributed by atoms with Gasteiger partial charge in [0.2, 0.25) is 0 Å². The van der Waals surface area contributed by atoms with E-state index in [0.717, 1.165) is 22.3 Å². The van der Waals surface area contributed by atoms with Crippen LogP contribution >= 0.6 is 0 Å². The summed E-state index contributed by atoms with van der Waals surface area (Å²) in [6, 6.07) is 17.6. The zero-order chi connectivity index (χ0) is 13.9. The number of hydrogen-bond donors (Lipinski definition) is 0. The first-order valence-corrected chi connectivity index (χ1v) is 6.24. The summed E-state index contributed by atoms with van der Waals surface area (Å²) in [5, 5.41) is 18.4. The summed E-state index contributed by atoms with van der Waals surface area (Å²) >= 11 is 0. The fraction of sp³-hybridized carbons (Fsp3) is 0.0625. The monoisotopic (exact) mass is 260 g/mol. The molecule has 1 heterocycles. The Morgan fingerprint density at radius 2 is 1.75 bits per heavy atom. The fourth-order valence-corrected chi connectivity index (χ4v) is 2.25. The van der Waals surface area contributed by atoms with Crippen LogP contribution in [0.4, 0.5) is 11.4 Å². The van der Waals surface area contributed by atoms with Gasteiger partial charge in [-0.3, -0.25) is 0 Å². The molecule has 0 atom stereocenters. The Bertz CT molecular complexity index is 799. The summed E-state index contributed by atoms with van der Waals surface area (Å²) in [7, 11) is 1.93. The molecule has 3 aromatic rings. The van der Waals surface area contributed by atoms with Crippen molar-refractivity contribution in [2.24, 2.45) is 0 Å². The van der Waals surface area contributed by atoms with Crippen LogP contribution in [0.15, 0.2) is 54.7 Å². The number of benzene rings is 2. The maximum atomic E-state index is 9.22. The number of para-hydroxylation sites is 1. The van der Waals surface area contributed by atoms with Crippen molar-refractivity contribution in [2.75, 3.05) is 11.9 Å². The highest BCUT2D eigenvalue weighted by atomic mass is 15.2. The van der Waals surface area contributed by atoms with Gasteiger partial charge in [-0.1, -0.05) is 30.3 Å². The van der Waals surface area contributed by atoms with Crippen LogP contribution in [0.1, 0.15) is 5.56 Å². The number of rotatable bonds is 2. The maximum absolute atomic E-state index is 9.22. The van der Waals surface area contributed by atoms with Gasteiger partial charge in [0, 0.05) is 12.4 Å². The van der Waals surface area contributed by atoms with Gasteiger partial charge in [0.05, 0.1) is 28.7 Å². The molecule has 4 nitrogen and oxygen atoms in total. The van der Waals surface area contributed by atoms with Crippen molar-refractivity contribution < 1.29 is 0 Å². The SMILES string of the molecule is CN(c1ccccc1C#N)c1cnnc2ccccc12. The third-order valence-corrected chi connectivity index (χ3v) is 3.27. The lowest BCUT2D eigenvalue weighted by Crippen LogP contribution is -2.12. The fourth-order valence-electron chi connectivity index (χ4n) is 2.25. The molecule has 20 heavy (non-hydrogen) atoms. The first-order chi connectivity index (χ1) is 9.81. The van der Waals surface area contributed by atoms with E-state index >= 15 is 0 Å². The molecule has 0 aliphatic carbocycles. The Morgan fingerprint density at radius 1 is 1.00 bits per heavy atom. The van der Waals surface area contributed by atoms with E-state index in [2.05, 4.69) is 16.3 Å². The summed E-state index contributed by atoms with van der Waals surface area (Å²) < 4.78 is 0. The molecule has 1 aromatic heterocycles. The molecule has 4 heteroatoms. The number of hydrogen-bond acceptors (Lipinski definition) is 4. The smallest absolute Gasteiger partial charge is 0.101 e. The van der Waals surface area contributed by atoms with Gasteiger partial charge in [0.15, 0.2) is 0 Å². The van der Waals surface area contributed by atoms with Gasteiger partial charge in [0.1, 0.15) is 6.07 Å². The minimum Gasteiger partial charge on any atom is -0.342 e. The molecule has 2 aromatic carbocycles. The van der Waals surface area contributed by atoms with Crippen molar-refractivity contribution in [1.82, 2.24) is 10.2 Å². The van der Waals surface area contributed by atoms with Gasteiger partial charge in [0.25, 0.3) is 0 Å². The lowest BCUT2D eigenvalue weighted by Gasteiger charge is -2.21. The summed E-state index contributed by atoms with van der Waals surface area (Å²) in [6.07, 6.45) is 1.72. The third-order valence-electron chi connectivity index (χ3n) is 3.27. The highest BCUT2D eigenvalue weighted by Crippen LogP contribution is 2.30. The van der Waals surface area contributed by atoms with E-state index in [4.69, 9.17) is 0 Å². The molecule has 0 N–H and O–H groups in total. The van der Waals surface area contributed by atoms with E-state index in [1.807, 2.05) is 60.5 Å². The highest BCUT2D eigenvalue weighted by Gasteiger charge is 2.12. The van der Waals surface area contributed by atoms with Crippen LogP contribution in [0.25, 0.3) is 10.9 Å². The normalized spacial score (nSPS) is 10.2. The van der Waals surface area contributed by atoms with Gasteiger partial charge >= 0.3 is 0 Å². The second-order valence-corrected chi connectivity index (χ2v) is 4.43. The largest absolute Gasteiger partial charge is 0.342 e. The molecule has 0 aliphatic heterocycles. The van der Waals surface area contributed by atoms with Crippen molar-refractivity contribution in [3.05, 3.63) is 60.3 Å². The number of nitriles is 1. The van der Waals surface area contributed by atoms with Gasteiger partial charge in [-0.05, 0) is 18.2 Å². The standard InChI is InChI=1S/C16H12N4/c1-20(15-9-5-2-6-12(15)10-17)16-11-18-19-14-8-4-3-7-13(14)16/h2-9,11H,1H3. The topological polar surface area (TPSA) is 52.8 Å². The van der Waals surface area contributed by atoms with Crippen LogP contribution in [-0.4, -0.2) is 17.2 Å². The summed E-state index contributed by atoms with van der Waals surface area (Å²) in [6.45, 7) is 0. The van der Waals surface area contributed by atoms with E-state index in [0.29, 0.717) is 5.56 Å². The minimum atomic E-state index is 0.635. The molecule has 0 amide bonds. The molecule has 3 rings (SSSR count). The van der Waals surface area contributed by atoms with Crippen molar-refractivity contribution in [2.45, 2.75) is 0 Å². The zero-order valence-electron chi connectivity index (χ0n) is 11.0. The number of aromatic nitrogens is 2. The zero-order valence-corrected chi connectivity index (χ0v) is 11.0. The summed E-state index contributed by atoms with van der Waals surface area (Å²) in [5.74, 6) is 0. The van der Waals surface area contributed by atoms with Crippen LogP contribution in [0.2, 0.25) is 0 Å². The highest BCUT2D eigenvalue weighted by molar-refractivity contribution is 5.93. The molecule has 0 aliphatic rings. The van der Waals surface area contributed by atoms with E-state index in [1.54, 1.807) is 6.20 Å². The predicted molar refractivity (Wildman–Crippen MR) is 78.8 cm³/mol. The van der Waals surface area contributed by atoms with Crippen molar-refractivity contribution in [3.63, 3.8) is 0 Å². The quantitative estimate of drug-likeness (QED) is 0.709. The predicted octanol–water partition coefficient (Wildman–Crippen LogP) is 3.27. The van der Waals surface area contributed by atoms with Gasteiger partial charge in [-0.15, -0.1) is 0 Å². The van der Waals surface area contributed by atoms with Gasteiger partial charge in [-0.2, -0.15) is 15.5 Å². The molecule has 0 fully saturated rings. The number of anilines is 2. The molecule has 96 valence electrons. The lowest BCUT2D eigenvalue weighted by atomic mass is 10.1. The number of nitrogens with zero attached hydrogens (tertiary/aromatic N) is 4. The van der Waals surface area contributed by atoms with Crippen molar-refractivity contribution in [3.8, 4) is 6.07 Å². The van der Waals surface area contributed by atoms with Crippen LogP contribution < -0.4 is 4.90 Å². The molecule has 0 spiro atoms. The molecule has 0 saturated carbocycles. The second kappa shape index (κ2) is 4.98. The van der Waals surface area contributed by atoms with Gasteiger partial charge in [-0.25, -0.2) is 0 Å². The summed E-state index contributed by atoms with van der Waals surface area (Å²) in [4.78, 5) is 1.97. The Kier molecular flexibility index (Phi) is 3.02.